The molecule has 1 aliphatic heterocycles. The minimum atomic E-state index is -3.12. The van der Waals surface area contributed by atoms with Crippen molar-refractivity contribution in [3.63, 3.8) is 0 Å². The van der Waals surface area contributed by atoms with Gasteiger partial charge in [-0.05, 0) is 24.3 Å². The molecular weight excluding hydrogens is 346 g/mol. The fourth-order valence-electron chi connectivity index (χ4n) is 3.01. The molecule has 6 nitrogen and oxygen atoms in total. The lowest BCUT2D eigenvalue weighted by atomic mass is 10.1. The third-order valence-electron chi connectivity index (χ3n) is 4.26. The van der Waals surface area contributed by atoms with E-state index in [-0.39, 0.29) is 24.0 Å². The van der Waals surface area contributed by atoms with E-state index in [0.717, 1.165) is 18.4 Å². The van der Waals surface area contributed by atoms with Crippen LogP contribution in [0.4, 0.5) is 0 Å². The number of amides is 1. The van der Waals surface area contributed by atoms with Gasteiger partial charge in [-0.15, -0.1) is 11.3 Å². The first-order chi connectivity index (χ1) is 11.4. The number of carbonyl (C=O) groups is 1. The van der Waals surface area contributed by atoms with Crippen LogP contribution in [0.15, 0.2) is 29.9 Å². The molecule has 0 radical (unpaired) electrons. The molecule has 24 heavy (non-hydrogen) atoms. The van der Waals surface area contributed by atoms with E-state index in [1.54, 1.807) is 40.4 Å². The van der Waals surface area contributed by atoms with Gasteiger partial charge in [0.1, 0.15) is 0 Å². The summed E-state index contributed by atoms with van der Waals surface area (Å²) in [7, 11) is -1.34. The zero-order chi connectivity index (χ0) is 17.2. The van der Waals surface area contributed by atoms with Crippen LogP contribution >= 0.6 is 11.3 Å². The predicted molar refractivity (Wildman–Crippen MR) is 93.6 cm³/mol. The van der Waals surface area contributed by atoms with Crippen molar-refractivity contribution in [1.29, 1.82) is 0 Å². The van der Waals surface area contributed by atoms with E-state index in [1.165, 1.54) is 4.88 Å². The summed E-state index contributed by atoms with van der Waals surface area (Å²) in [5.41, 5.74) is 0.785. The van der Waals surface area contributed by atoms with Crippen molar-refractivity contribution in [3.8, 4) is 0 Å². The topological polar surface area (TPSA) is 72.3 Å². The first-order valence-electron chi connectivity index (χ1n) is 7.95. The molecule has 1 atom stereocenters. The lowest BCUT2D eigenvalue weighted by Crippen LogP contribution is -2.46. The van der Waals surface area contributed by atoms with Crippen LogP contribution in [0.1, 0.15) is 29.3 Å². The van der Waals surface area contributed by atoms with Crippen molar-refractivity contribution in [3.05, 3.63) is 40.3 Å². The highest BCUT2D eigenvalue weighted by atomic mass is 32.2. The van der Waals surface area contributed by atoms with Gasteiger partial charge < -0.3 is 4.90 Å². The first-order valence-corrected chi connectivity index (χ1v) is 10.7. The van der Waals surface area contributed by atoms with Gasteiger partial charge in [0.25, 0.3) is 0 Å². The Hall–Kier alpha value is -1.67. The summed E-state index contributed by atoms with van der Waals surface area (Å²) in [6.07, 6.45) is 5.54. The molecule has 0 N–H and O–H groups in total. The number of nitrogens with zero attached hydrogens (tertiary/aromatic N) is 3. The Morgan fingerprint density at radius 3 is 2.96 bits per heavy atom. The van der Waals surface area contributed by atoms with Crippen LogP contribution in [0.25, 0.3) is 0 Å². The molecule has 0 bridgehead atoms. The monoisotopic (exact) mass is 367 g/mol. The van der Waals surface area contributed by atoms with Crippen molar-refractivity contribution < 1.29 is 13.2 Å². The largest absolute Gasteiger partial charge is 0.333 e. The molecule has 0 aliphatic carbocycles. The van der Waals surface area contributed by atoms with Crippen molar-refractivity contribution in [2.45, 2.75) is 25.3 Å². The Balaban J connectivity index is 1.68. The van der Waals surface area contributed by atoms with Crippen LogP contribution in [-0.4, -0.2) is 47.1 Å². The minimum absolute atomic E-state index is 0.0185. The molecule has 0 saturated carbocycles. The quantitative estimate of drug-likeness (QED) is 0.808. The van der Waals surface area contributed by atoms with Crippen molar-refractivity contribution in [2.24, 2.45) is 7.05 Å². The van der Waals surface area contributed by atoms with Crippen molar-refractivity contribution in [2.75, 3.05) is 18.1 Å². The molecule has 3 heterocycles. The number of hydrogen-bond donors (Lipinski definition) is 0. The molecule has 3 rings (SSSR count). The van der Waals surface area contributed by atoms with Gasteiger partial charge in [0, 0.05) is 36.7 Å². The smallest absolute Gasteiger partial charge is 0.223 e. The first kappa shape index (κ1) is 17.2. The van der Waals surface area contributed by atoms with E-state index in [2.05, 4.69) is 11.2 Å². The molecule has 2 aromatic rings. The highest BCUT2D eigenvalue weighted by Gasteiger charge is 2.35. The predicted octanol–water partition coefficient (Wildman–Crippen LogP) is 1.80. The summed E-state index contributed by atoms with van der Waals surface area (Å²) in [5.74, 6) is 0.0470. The van der Waals surface area contributed by atoms with Crippen molar-refractivity contribution in [1.82, 2.24) is 14.7 Å². The van der Waals surface area contributed by atoms with Crippen molar-refractivity contribution >= 4 is 27.1 Å². The standard InChI is InChI=1S/C16H21N3O3S2/c1-18-11-13(10-17-18)15-12-24(21,22)9-7-19(15)16(20)6-2-4-14-5-3-8-23-14/h3,5,8,10-11,15H,2,4,6-7,9,12H2,1H3/t15-/m0/s1. The summed E-state index contributed by atoms with van der Waals surface area (Å²) in [6.45, 7) is 0.264. The number of sulfone groups is 1. The second-order valence-electron chi connectivity index (χ2n) is 6.10. The number of aryl methyl sites for hydroxylation is 2. The molecule has 0 spiro atoms. The summed E-state index contributed by atoms with van der Waals surface area (Å²) in [6, 6.07) is 3.66. The second kappa shape index (κ2) is 7.06. The fraction of sp³-hybridized carbons (Fsp3) is 0.500. The molecule has 1 aliphatic rings. The Labute approximate surface area is 146 Å². The maximum Gasteiger partial charge on any atom is 0.223 e. The number of aromatic nitrogens is 2. The van der Waals surface area contributed by atoms with Crippen LogP contribution in [0.5, 0.6) is 0 Å². The third-order valence-corrected chi connectivity index (χ3v) is 6.82. The molecular formula is C16H21N3O3S2. The number of carbonyl (C=O) groups excluding carboxylic acids is 1. The molecule has 1 saturated heterocycles. The van der Waals surface area contributed by atoms with Gasteiger partial charge in [0.05, 0.1) is 23.7 Å². The maximum absolute atomic E-state index is 12.6. The van der Waals surface area contributed by atoms with E-state index in [1.807, 2.05) is 11.4 Å². The Morgan fingerprint density at radius 2 is 2.29 bits per heavy atom. The molecule has 1 fully saturated rings. The summed E-state index contributed by atoms with van der Waals surface area (Å²) >= 11 is 1.69. The highest BCUT2D eigenvalue weighted by molar-refractivity contribution is 7.91. The van der Waals surface area contributed by atoms with Crippen LogP contribution in [0.3, 0.4) is 0 Å². The summed E-state index contributed by atoms with van der Waals surface area (Å²) < 4.78 is 25.7. The zero-order valence-electron chi connectivity index (χ0n) is 13.6. The van der Waals surface area contributed by atoms with Gasteiger partial charge in [0.15, 0.2) is 9.84 Å². The van der Waals surface area contributed by atoms with Gasteiger partial charge in [-0.2, -0.15) is 5.10 Å². The van der Waals surface area contributed by atoms with Gasteiger partial charge >= 0.3 is 0 Å². The third kappa shape index (κ3) is 4.05. The van der Waals surface area contributed by atoms with Gasteiger partial charge in [-0.25, -0.2) is 8.42 Å². The SMILES string of the molecule is Cn1cc([C@@H]2CS(=O)(=O)CCN2C(=O)CCCc2cccs2)cn1. The van der Waals surface area contributed by atoms with E-state index in [9.17, 15) is 13.2 Å². The number of rotatable bonds is 5. The van der Waals surface area contributed by atoms with E-state index in [0.29, 0.717) is 6.42 Å². The average molecular weight is 367 g/mol. The molecule has 130 valence electrons. The van der Waals surface area contributed by atoms with Gasteiger partial charge in [0.2, 0.25) is 5.91 Å². The van der Waals surface area contributed by atoms with E-state index in [4.69, 9.17) is 0 Å². The van der Waals surface area contributed by atoms with E-state index < -0.39 is 15.9 Å². The molecule has 0 unspecified atom stereocenters. The lowest BCUT2D eigenvalue weighted by molar-refractivity contribution is -0.133. The molecule has 2 aromatic heterocycles. The van der Waals surface area contributed by atoms with Crippen LogP contribution in [0.2, 0.25) is 0 Å². The fourth-order valence-corrected chi connectivity index (χ4v) is 5.25. The minimum Gasteiger partial charge on any atom is -0.333 e. The van der Waals surface area contributed by atoms with Gasteiger partial charge in [-0.3, -0.25) is 9.48 Å². The lowest BCUT2D eigenvalue weighted by Gasteiger charge is -2.35. The molecule has 0 aromatic carbocycles. The summed E-state index contributed by atoms with van der Waals surface area (Å²) in [4.78, 5) is 15.6. The molecule has 1 amide bonds. The maximum atomic E-state index is 12.6. The number of hydrogen-bond acceptors (Lipinski definition) is 5. The molecule has 8 heteroatoms. The van der Waals surface area contributed by atoms with Crippen LogP contribution < -0.4 is 0 Å². The zero-order valence-corrected chi connectivity index (χ0v) is 15.2. The van der Waals surface area contributed by atoms with Gasteiger partial charge in [-0.1, -0.05) is 6.07 Å². The summed E-state index contributed by atoms with van der Waals surface area (Å²) in [5, 5.41) is 6.15. The second-order valence-corrected chi connectivity index (χ2v) is 9.36. The number of thiophene rings is 1. The van der Waals surface area contributed by atoms with E-state index >= 15 is 0 Å². The Morgan fingerprint density at radius 1 is 1.46 bits per heavy atom. The highest BCUT2D eigenvalue weighted by Crippen LogP contribution is 2.27. The van der Waals surface area contributed by atoms with Crippen LogP contribution in [0, 0.1) is 0 Å². The Bertz CT molecular complexity index is 796. The normalized spacial score (nSPS) is 20.2. The average Bonchev–Trinajstić information content (AvgIpc) is 3.18. The van der Waals surface area contributed by atoms with Crippen LogP contribution in [-0.2, 0) is 28.1 Å². The Kier molecular flexibility index (Phi) is 5.05.